The highest BCUT2D eigenvalue weighted by molar-refractivity contribution is 7.92. The predicted molar refractivity (Wildman–Crippen MR) is 117 cm³/mol. The van der Waals surface area contributed by atoms with E-state index in [2.05, 4.69) is 25.3 Å². The van der Waals surface area contributed by atoms with Crippen LogP contribution in [0.1, 0.15) is 5.56 Å². The van der Waals surface area contributed by atoms with Crippen LogP contribution in [0.3, 0.4) is 0 Å². The van der Waals surface area contributed by atoms with Gasteiger partial charge in [-0.05, 0) is 55.0 Å². The topological polar surface area (TPSA) is 139 Å². The highest BCUT2D eigenvalue weighted by atomic mass is 32.2. The van der Waals surface area contributed by atoms with Crippen molar-refractivity contribution in [2.24, 2.45) is 0 Å². The molecule has 0 spiro atoms. The summed E-state index contributed by atoms with van der Waals surface area (Å²) in [5.41, 5.74) is 1.74. The van der Waals surface area contributed by atoms with Crippen molar-refractivity contribution in [1.82, 2.24) is 9.97 Å². The molecule has 1 aromatic heterocycles. The van der Waals surface area contributed by atoms with E-state index in [-0.39, 0.29) is 21.6 Å². The van der Waals surface area contributed by atoms with Crippen molar-refractivity contribution in [3.05, 3.63) is 76.6 Å². The zero-order chi connectivity index (χ0) is 21.7. The first-order valence-electron chi connectivity index (χ1n) is 8.47. The van der Waals surface area contributed by atoms with Crippen molar-refractivity contribution in [1.29, 1.82) is 0 Å². The number of nitrogens with one attached hydrogen (secondary N) is 3. The molecular formula is C18H16N6O4S2. The third-order valence-corrected chi connectivity index (χ3v) is 5.44. The summed E-state index contributed by atoms with van der Waals surface area (Å²) in [5.74, 6) is -0.0302. The molecule has 0 atom stereocenters. The fourth-order valence-corrected chi connectivity index (χ4v) is 3.58. The largest absolute Gasteiger partial charge is 0.332 e. The maximum absolute atomic E-state index is 12.4. The van der Waals surface area contributed by atoms with Crippen LogP contribution in [0.4, 0.5) is 23.0 Å². The lowest BCUT2D eigenvalue weighted by atomic mass is 10.2. The van der Waals surface area contributed by atoms with E-state index in [1.165, 1.54) is 48.8 Å². The molecule has 0 saturated heterocycles. The molecule has 2 aromatic carbocycles. The SMILES string of the molecule is Cc1ccc([N+](=O)[O-])cc1NC(=S)Nc1ccc(S(=O)(=O)Nc2ncccn2)cc1. The van der Waals surface area contributed by atoms with E-state index in [4.69, 9.17) is 12.2 Å². The summed E-state index contributed by atoms with van der Waals surface area (Å²) in [7, 11) is -3.84. The van der Waals surface area contributed by atoms with Gasteiger partial charge in [0.2, 0.25) is 5.95 Å². The number of nitro groups is 1. The van der Waals surface area contributed by atoms with Crippen LogP contribution in [0.25, 0.3) is 0 Å². The molecule has 0 aliphatic rings. The van der Waals surface area contributed by atoms with Crippen LogP contribution in [0, 0.1) is 17.0 Å². The monoisotopic (exact) mass is 444 g/mol. The second-order valence-corrected chi connectivity index (χ2v) is 8.13. The highest BCUT2D eigenvalue weighted by Crippen LogP contribution is 2.22. The first-order valence-corrected chi connectivity index (χ1v) is 10.4. The lowest BCUT2D eigenvalue weighted by Crippen LogP contribution is -2.20. The molecular weight excluding hydrogens is 428 g/mol. The van der Waals surface area contributed by atoms with Crippen molar-refractivity contribution in [2.45, 2.75) is 11.8 Å². The average molecular weight is 444 g/mol. The smallest absolute Gasteiger partial charge is 0.271 e. The minimum absolute atomic E-state index is 0.0221. The van der Waals surface area contributed by atoms with Crippen LogP contribution in [0.2, 0.25) is 0 Å². The molecule has 1 heterocycles. The van der Waals surface area contributed by atoms with Gasteiger partial charge in [0.05, 0.1) is 9.82 Å². The van der Waals surface area contributed by atoms with E-state index in [1.54, 1.807) is 19.1 Å². The third-order valence-electron chi connectivity index (χ3n) is 3.89. The summed E-state index contributed by atoms with van der Waals surface area (Å²) < 4.78 is 27.1. The molecule has 0 fully saturated rings. The van der Waals surface area contributed by atoms with Crippen molar-refractivity contribution >= 4 is 50.4 Å². The number of hydrogen-bond acceptors (Lipinski definition) is 7. The number of aryl methyl sites for hydroxylation is 1. The molecule has 3 N–H and O–H groups in total. The van der Waals surface area contributed by atoms with Gasteiger partial charge in [0.25, 0.3) is 15.7 Å². The molecule has 0 amide bonds. The lowest BCUT2D eigenvalue weighted by Gasteiger charge is -2.13. The predicted octanol–water partition coefficient (Wildman–Crippen LogP) is 3.30. The van der Waals surface area contributed by atoms with Gasteiger partial charge in [-0.2, -0.15) is 0 Å². The molecule has 3 rings (SSSR count). The molecule has 3 aromatic rings. The van der Waals surface area contributed by atoms with Crippen LogP contribution in [-0.4, -0.2) is 28.4 Å². The summed E-state index contributed by atoms with van der Waals surface area (Å²) in [5, 5.41) is 16.9. The Morgan fingerprint density at radius 3 is 2.37 bits per heavy atom. The zero-order valence-electron chi connectivity index (χ0n) is 15.6. The second-order valence-electron chi connectivity index (χ2n) is 6.04. The molecule has 0 bridgehead atoms. The Balaban J connectivity index is 1.68. The Morgan fingerprint density at radius 1 is 1.07 bits per heavy atom. The maximum atomic E-state index is 12.4. The van der Waals surface area contributed by atoms with Crippen molar-refractivity contribution in [2.75, 3.05) is 15.4 Å². The number of anilines is 3. The van der Waals surface area contributed by atoms with Crippen LogP contribution in [-0.2, 0) is 10.0 Å². The fourth-order valence-electron chi connectivity index (χ4n) is 2.39. The van der Waals surface area contributed by atoms with Crippen molar-refractivity contribution in [3.63, 3.8) is 0 Å². The van der Waals surface area contributed by atoms with Gasteiger partial charge in [0, 0.05) is 35.9 Å². The van der Waals surface area contributed by atoms with Crippen LogP contribution < -0.4 is 15.4 Å². The first kappa shape index (κ1) is 21.1. The number of benzene rings is 2. The number of non-ortho nitro benzene ring substituents is 1. The van der Waals surface area contributed by atoms with Crippen LogP contribution in [0.5, 0.6) is 0 Å². The second kappa shape index (κ2) is 8.80. The van der Waals surface area contributed by atoms with Gasteiger partial charge in [0.15, 0.2) is 5.11 Å². The number of hydrogen-bond donors (Lipinski definition) is 3. The molecule has 0 aliphatic heterocycles. The molecule has 154 valence electrons. The van der Waals surface area contributed by atoms with Crippen LogP contribution >= 0.6 is 12.2 Å². The van der Waals surface area contributed by atoms with Gasteiger partial charge in [-0.1, -0.05) is 6.07 Å². The summed E-state index contributed by atoms with van der Waals surface area (Å²) >= 11 is 5.24. The lowest BCUT2D eigenvalue weighted by molar-refractivity contribution is -0.384. The Labute approximate surface area is 177 Å². The number of thiocarbonyl (C=S) groups is 1. The van der Waals surface area contributed by atoms with Gasteiger partial charge < -0.3 is 10.6 Å². The number of nitrogens with zero attached hydrogens (tertiary/aromatic N) is 3. The normalized spacial score (nSPS) is 10.8. The minimum Gasteiger partial charge on any atom is -0.332 e. The van der Waals surface area contributed by atoms with Crippen molar-refractivity contribution in [3.8, 4) is 0 Å². The molecule has 0 aliphatic carbocycles. The maximum Gasteiger partial charge on any atom is 0.271 e. The summed E-state index contributed by atoms with van der Waals surface area (Å²) in [4.78, 5) is 18.1. The quantitative estimate of drug-likeness (QED) is 0.297. The summed E-state index contributed by atoms with van der Waals surface area (Å²) in [6.07, 6.45) is 2.85. The Hall–Kier alpha value is -3.64. The van der Waals surface area contributed by atoms with Gasteiger partial charge in [-0.25, -0.2) is 23.1 Å². The van der Waals surface area contributed by atoms with E-state index in [0.29, 0.717) is 11.4 Å². The summed E-state index contributed by atoms with van der Waals surface area (Å²) in [6.45, 7) is 1.79. The van der Waals surface area contributed by atoms with E-state index < -0.39 is 14.9 Å². The Kier molecular flexibility index (Phi) is 6.18. The molecule has 30 heavy (non-hydrogen) atoms. The number of aromatic nitrogens is 2. The fraction of sp³-hybridized carbons (Fsp3) is 0.0556. The molecule has 0 unspecified atom stereocenters. The Bertz CT molecular complexity index is 1190. The standard InChI is InChI=1S/C18H16N6O4S2/c1-12-3-6-14(24(25)26)11-16(12)22-18(29)21-13-4-7-15(8-5-13)30(27,28)23-17-19-9-2-10-20-17/h2-11H,1H3,(H,19,20,23)(H2,21,22,29). The van der Waals surface area contributed by atoms with E-state index in [9.17, 15) is 18.5 Å². The zero-order valence-corrected chi connectivity index (χ0v) is 17.2. The number of rotatable bonds is 6. The third kappa shape index (κ3) is 5.24. The van der Waals surface area contributed by atoms with Gasteiger partial charge in [-0.3, -0.25) is 10.1 Å². The van der Waals surface area contributed by atoms with E-state index in [0.717, 1.165) is 5.56 Å². The molecule has 10 nitrogen and oxygen atoms in total. The number of nitro benzene ring substituents is 1. The Morgan fingerprint density at radius 2 is 1.73 bits per heavy atom. The van der Waals surface area contributed by atoms with Gasteiger partial charge in [-0.15, -0.1) is 0 Å². The van der Waals surface area contributed by atoms with E-state index >= 15 is 0 Å². The van der Waals surface area contributed by atoms with Crippen LogP contribution in [0.15, 0.2) is 65.8 Å². The molecule has 0 radical (unpaired) electrons. The van der Waals surface area contributed by atoms with Crippen molar-refractivity contribution < 1.29 is 13.3 Å². The van der Waals surface area contributed by atoms with Gasteiger partial charge >= 0.3 is 0 Å². The number of sulfonamides is 1. The highest BCUT2D eigenvalue weighted by Gasteiger charge is 2.15. The van der Waals surface area contributed by atoms with E-state index in [1.807, 2.05) is 0 Å². The molecule has 12 heteroatoms. The van der Waals surface area contributed by atoms with Gasteiger partial charge in [0.1, 0.15) is 0 Å². The minimum atomic E-state index is -3.84. The molecule has 0 saturated carbocycles. The summed E-state index contributed by atoms with van der Waals surface area (Å²) in [6, 6.07) is 11.9. The average Bonchev–Trinajstić information content (AvgIpc) is 2.70. The first-order chi connectivity index (χ1) is 14.2.